The number of benzene rings is 1. The summed E-state index contributed by atoms with van der Waals surface area (Å²) >= 11 is 3.31. The highest BCUT2D eigenvalue weighted by Gasteiger charge is 2.21. The Morgan fingerprint density at radius 2 is 1.79 bits per heavy atom. The van der Waals surface area contributed by atoms with Gasteiger partial charge in [-0.25, -0.2) is 0 Å². The van der Waals surface area contributed by atoms with E-state index in [4.69, 9.17) is 0 Å². The molecule has 74 valence electrons. The molecular formula is C11H11BrO2. The molecule has 0 aliphatic carbocycles. The lowest BCUT2D eigenvalue weighted by atomic mass is 9.92. The first-order chi connectivity index (χ1) is 6.52. The molecule has 1 aromatic rings. The zero-order chi connectivity index (χ0) is 10.7. The van der Waals surface area contributed by atoms with Gasteiger partial charge in [-0.05, 0) is 31.5 Å². The molecule has 0 spiro atoms. The Kier molecular flexibility index (Phi) is 3.58. The Bertz CT molecular complexity index is 357. The van der Waals surface area contributed by atoms with Crippen LogP contribution in [0.2, 0.25) is 0 Å². The number of hydrogen-bond acceptors (Lipinski definition) is 2. The van der Waals surface area contributed by atoms with Crippen LogP contribution in [0.4, 0.5) is 0 Å². The maximum atomic E-state index is 11.3. The maximum absolute atomic E-state index is 11.3. The summed E-state index contributed by atoms with van der Waals surface area (Å²) in [4.78, 5) is 22.5. The van der Waals surface area contributed by atoms with Crippen molar-refractivity contribution in [2.75, 3.05) is 0 Å². The first-order valence-corrected chi connectivity index (χ1v) is 5.08. The van der Waals surface area contributed by atoms with Gasteiger partial charge in [0.1, 0.15) is 17.5 Å². The second-order valence-electron chi connectivity index (χ2n) is 3.21. The molecule has 0 heterocycles. The molecule has 0 aliphatic heterocycles. The summed E-state index contributed by atoms with van der Waals surface area (Å²) in [6.07, 6.45) is 0. The van der Waals surface area contributed by atoms with Crippen LogP contribution in [0.25, 0.3) is 0 Å². The van der Waals surface area contributed by atoms with Gasteiger partial charge in [0, 0.05) is 4.47 Å². The molecule has 0 atom stereocenters. The van der Waals surface area contributed by atoms with Crippen molar-refractivity contribution in [3.05, 3.63) is 34.3 Å². The third-order valence-corrected chi connectivity index (χ3v) is 2.49. The van der Waals surface area contributed by atoms with Gasteiger partial charge in [-0.15, -0.1) is 0 Å². The molecule has 0 saturated carbocycles. The lowest BCUT2D eigenvalue weighted by Gasteiger charge is -2.10. The monoisotopic (exact) mass is 254 g/mol. The van der Waals surface area contributed by atoms with Crippen molar-refractivity contribution in [1.29, 1.82) is 0 Å². The van der Waals surface area contributed by atoms with Crippen LogP contribution in [0.5, 0.6) is 0 Å². The van der Waals surface area contributed by atoms with Crippen LogP contribution in [0.3, 0.4) is 0 Å². The predicted octanol–water partition coefficient (Wildman–Crippen LogP) is 2.71. The summed E-state index contributed by atoms with van der Waals surface area (Å²) in [5.41, 5.74) is 0.749. The van der Waals surface area contributed by atoms with Gasteiger partial charge in [-0.2, -0.15) is 0 Å². The zero-order valence-electron chi connectivity index (χ0n) is 8.08. The van der Waals surface area contributed by atoms with Crippen molar-refractivity contribution in [1.82, 2.24) is 0 Å². The molecule has 0 amide bonds. The molecule has 1 rings (SSSR count). The number of carbonyl (C=O) groups excluding carboxylic acids is 2. The molecule has 0 aliphatic rings. The first kappa shape index (κ1) is 11.1. The van der Waals surface area contributed by atoms with Crippen molar-refractivity contribution in [3.63, 3.8) is 0 Å². The average Bonchev–Trinajstić information content (AvgIpc) is 2.02. The van der Waals surface area contributed by atoms with Crippen molar-refractivity contribution >= 4 is 27.5 Å². The number of carbonyl (C=O) groups is 2. The summed E-state index contributed by atoms with van der Waals surface area (Å²) in [7, 11) is 0. The maximum Gasteiger partial charge on any atom is 0.144 e. The first-order valence-electron chi connectivity index (χ1n) is 4.28. The van der Waals surface area contributed by atoms with E-state index in [1.165, 1.54) is 13.8 Å². The molecule has 1 aromatic carbocycles. The highest BCUT2D eigenvalue weighted by atomic mass is 79.9. The number of rotatable bonds is 3. The van der Waals surface area contributed by atoms with Gasteiger partial charge in [0.25, 0.3) is 0 Å². The van der Waals surface area contributed by atoms with Gasteiger partial charge in [-0.3, -0.25) is 9.59 Å². The fourth-order valence-electron chi connectivity index (χ4n) is 1.44. The Hall–Kier alpha value is -0.960. The molecule has 3 heteroatoms. The van der Waals surface area contributed by atoms with E-state index in [0.717, 1.165) is 10.0 Å². The highest BCUT2D eigenvalue weighted by molar-refractivity contribution is 9.10. The molecule has 0 unspecified atom stereocenters. The van der Waals surface area contributed by atoms with Gasteiger partial charge in [0.2, 0.25) is 0 Å². The largest absolute Gasteiger partial charge is 0.299 e. The number of hydrogen-bond donors (Lipinski definition) is 0. The van der Waals surface area contributed by atoms with Crippen LogP contribution in [-0.4, -0.2) is 11.6 Å². The van der Waals surface area contributed by atoms with Crippen LogP contribution in [0.15, 0.2) is 28.7 Å². The van der Waals surface area contributed by atoms with Crippen LogP contribution in [-0.2, 0) is 9.59 Å². The van der Waals surface area contributed by atoms with Crippen molar-refractivity contribution in [2.45, 2.75) is 19.8 Å². The molecule has 2 nitrogen and oxygen atoms in total. The minimum absolute atomic E-state index is 0.115. The second-order valence-corrected chi connectivity index (χ2v) is 4.12. The predicted molar refractivity (Wildman–Crippen MR) is 58.2 cm³/mol. The fourth-order valence-corrected chi connectivity index (χ4v) is 1.86. The van der Waals surface area contributed by atoms with Crippen LogP contribution in [0, 0.1) is 0 Å². The van der Waals surface area contributed by atoms with Gasteiger partial charge in [-0.1, -0.05) is 28.1 Å². The third-order valence-electron chi connectivity index (χ3n) is 2.00. The van der Waals surface area contributed by atoms with Crippen molar-refractivity contribution < 1.29 is 9.59 Å². The van der Waals surface area contributed by atoms with Gasteiger partial charge < -0.3 is 0 Å². The highest BCUT2D eigenvalue weighted by Crippen LogP contribution is 2.21. The quantitative estimate of drug-likeness (QED) is 0.778. The van der Waals surface area contributed by atoms with Crippen LogP contribution in [0.1, 0.15) is 25.3 Å². The lowest BCUT2D eigenvalue weighted by Crippen LogP contribution is -2.16. The molecule has 14 heavy (non-hydrogen) atoms. The van der Waals surface area contributed by atoms with Crippen molar-refractivity contribution in [2.24, 2.45) is 0 Å². The van der Waals surface area contributed by atoms with E-state index >= 15 is 0 Å². The second kappa shape index (κ2) is 4.51. The minimum Gasteiger partial charge on any atom is -0.299 e. The Morgan fingerprint density at radius 1 is 1.21 bits per heavy atom. The topological polar surface area (TPSA) is 34.1 Å². The number of Topliss-reactive ketones (excluding diaryl/α,β-unsaturated/α-hetero) is 2. The zero-order valence-corrected chi connectivity index (χ0v) is 9.67. The molecular weight excluding hydrogens is 244 g/mol. The summed E-state index contributed by atoms with van der Waals surface area (Å²) in [5, 5.41) is 0. The van der Waals surface area contributed by atoms with Gasteiger partial charge >= 0.3 is 0 Å². The summed E-state index contributed by atoms with van der Waals surface area (Å²) in [6, 6.07) is 7.27. The summed E-state index contributed by atoms with van der Waals surface area (Å²) in [6.45, 7) is 2.87. The molecule has 0 aromatic heterocycles. The SMILES string of the molecule is CC(=O)C(C(C)=O)c1cccc(Br)c1. The van der Waals surface area contributed by atoms with E-state index in [2.05, 4.69) is 15.9 Å². The average molecular weight is 255 g/mol. The van der Waals surface area contributed by atoms with Crippen LogP contribution >= 0.6 is 15.9 Å². The van der Waals surface area contributed by atoms with E-state index in [1.54, 1.807) is 12.1 Å². The van der Waals surface area contributed by atoms with E-state index < -0.39 is 5.92 Å². The van der Waals surface area contributed by atoms with E-state index in [9.17, 15) is 9.59 Å². The fraction of sp³-hybridized carbons (Fsp3) is 0.273. The molecule has 0 N–H and O–H groups in total. The Morgan fingerprint density at radius 3 is 2.21 bits per heavy atom. The summed E-state index contributed by atoms with van der Waals surface area (Å²) < 4.78 is 0.877. The molecule has 0 bridgehead atoms. The van der Waals surface area contributed by atoms with Gasteiger partial charge in [0.05, 0.1) is 0 Å². The smallest absolute Gasteiger partial charge is 0.144 e. The standard InChI is InChI=1S/C11H11BrO2/c1-7(13)11(8(2)14)9-4-3-5-10(12)6-9/h3-6,11H,1-2H3. The van der Waals surface area contributed by atoms with Crippen LogP contribution < -0.4 is 0 Å². The van der Waals surface area contributed by atoms with E-state index in [-0.39, 0.29) is 11.6 Å². The lowest BCUT2D eigenvalue weighted by molar-refractivity contribution is -0.126. The molecule has 0 fully saturated rings. The van der Waals surface area contributed by atoms with E-state index in [0.29, 0.717) is 0 Å². The molecule has 0 saturated heterocycles. The number of halogens is 1. The third kappa shape index (κ3) is 2.51. The van der Waals surface area contributed by atoms with Gasteiger partial charge in [0.15, 0.2) is 0 Å². The minimum atomic E-state index is -0.618. The normalized spacial score (nSPS) is 10.3. The Balaban J connectivity index is 3.12. The van der Waals surface area contributed by atoms with E-state index in [1.807, 2.05) is 12.1 Å². The van der Waals surface area contributed by atoms with Crippen molar-refractivity contribution in [3.8, 4) is 0 Å². The molecule has 0 radical (unpaired) electrons. The summed E-state index contributed by atoms with van der Waals surface area (Å²) in [5.74, 6) is -0.848. The number of ketones is 2. The Labute approximate surface area is 91.4 Å².